The van der Waals surface area contributed by atoms with E-state index in [2.05, 4.69) is 0 Å². The second-order valence-corrected chi connectivity index (χ2v) is 6.47. The summed E-state index contributed by atoms with van der Waals surface area (Å²) in [5.74, 6) is -0.447. The third kappa shape index (κ3) is 3.20. The van der Waals surface area contributed by atoms with Gasteiger partial charge >= 0.3 is 12.0 Å². The van der Waals surface area contributed by atoms with E-state index in [9.17, 15) is 14.7 Å². The lowest BCUT2D eigenvalue weighted by Gasteiger charge is -2.36. The third-order valence-electron chi connectivity index (χ3n) is 3.84. The van der Waals surface area contributed by atoms with Gasteiger partial charge in [0.15, 0.2) is 0 Å². The van der Waals surface area contributed by atoms with Crippen LogP contribution in [0, 0.1) is 0 Å². The molecular weight excluding hydrogens is 280 g/mol. The van der Waals surface area contributed by atoms with Crippen molar-refractivity contribution < 1.29 is 19.4 Å². The van der Waals surface area contributed by atoms with Crippen LogP contribution in [0.3, 0.4) is 0 Å². The molecule has 2 aliphatic heterocycles. The fraction of sp³-hybridized carbons (Fsp3) is 0.846. The van der Waals surface area contributed by atoms with E-state index >= 15 is 0 Å². The lowest BCUT2D eigenvalue weighted by molar-refractivity contribution is -0.141. The van der Waals surface area contributed by atoms with Crippen molar-refractivity contribution >= 4 is 23.8 Å². The van der Waals surface area contributed by atoms with E-state index in [4.69, 9.17) is 4.74 Å². The number of carbonyl (C=O) groups is 2. The number of rotatable bonds is 3. The Morgan fingerprint density at radius 2 is 2.00 bits per heavy atom. The smallest absolute Gasteiger partial charge is 0.327 e. The average molecular weight is 302 g/mol. The zero-order chi connectivity index (χ0) is 14.7. The normalized spacial score (nSPS) is 27.9. The lowest BCUT2D eigenvalue weighted by atomic mass is 10.1. The quantitative estimate of drug-likeness (QED) is 0.854. The second-order valence-electron chi connectivity index (χ2n) is 5.12. The molecule has 0 radical (unpaired) electrons. The van der Waals surface area contributed by atoms with Crippen LogP contribution >= 0.6 is 11.8 Å². The fourth-order valence-corrected chi connectivity index (χ4v) is 3.90. The Labute approximate surface area is 123 Å². The molecule has 0 aromatic rings. The Balaban J connectivity index is 1.95. The van der Waals surface area contributed by atoms with Crippen molar-refractivity contribution in [3.8, 4) is 0 Å². The molecule has 0 bridgehead atoms. The first kappa shape index (κ1) is 15.4. The molecule has 0 spiro atoms. The summed E-state index contributed by atoms with van der Waals surface area (Å²) >= 11 is 1.52. The molecule has 2 atom stereocenters. The summed E-state index contributed by atoms with van der Waals surface area (Å²) in [7, 11) is 0. The standard InChI is InChI=1S/C13H22N2O4S/c1-3-19-10-4-6-14(7-5-10)13(18)15-9(2)20-8-11(15)12(16)17/h9-11H,3-8H2,1-2H3,(H,16,17). The van der Waals surface area contributed by atoms with E-state index in [1.54, 1.807) is 4.90 Å². The molecule has 20 heavy (non-hydrogen) atoms. The minimum Gasteiger partial charge on any atom is -0.480 e. The van der Waals surface area contributed by atoms with E-state index < -0.39 is 12.0 Å². The molecule has 2 fully saturated rings. The molecule has 2 heterocycles. The fourth-order valence-electron chi connectivity index (χ4n) is 2.74. The number of aliphatic carboxylic acids is 1. The summed E-state index contributed by atoms with van der Waals surface area (Å²) in [5.41, 5.74) is 0. The van der Waals surface area contributed by atoms with Gasteiger partial charge in [-0.15, -0.1) is 11.8 Å². The van der Waals surface area contributed by atoms with Gasteiger partial charge in [0.05, 0.1) is 11.5 Å². The van der Waals surface area contributed by atoms with E-state index in [1.807, 2.05) is 13.8 Å². The van der Waals surface area contributed by atoms with Crippen molar-refractivity contribution in [3.63, 3.8) is 0 Å². The number of hydrogen-bond acceptors (Lipinski definition) is 4. The lowest BCUT2D eigenvalue weighted by Crippen LogP contribution is -2.53. The maximum Gasteiger partial charge on any atom is 0.327 e. The van der Waals surface area contributed by atoms with Gasteiger partial charge in [0.1, 0.15) is 6.04 Å². The van der Waals surface area contributed by atoms with Crippen molar-refractivity contribution in [3.05, 3.63) is 0 Å². The molecule has 0 saturated carbocycles. The minimum absolute atomic E-state index is 0.0757. The molecule has 1 N–H and O–H groups in total. The third-order valence-corrected chi connectivity index (χ3v) is 5.06. The first-order chi connectivity index (χ1) is 9.54. The van der Waals surface area contributed by atoms with Gasteiger partial charge < -0.3 is 14.7 Å². The Morgan fingerprint density at radius 1 is 1.35 bits per heavy atom. The number of piperidine rings is 1. The highest BCUT2D eigenvalue weighted by molar-refractivity contribution is 8.00. The van der Waals surface area contributed by atoms with Gasteiger partial charge in [-0.2, -0.15) is 0 Å². The predicted octanol–water partition coefficient (Wildman–Crippen LogP) is 1.46. The zero-order valence-corrected chi connectivity index (χ0v) is 12.8. The van der Waals surface area contributed by atoms with Crippen molar-refractivity contribution in [2.75, 3.05) is 25.4 Å². The molecule has 7 heteroatoms. The van der Waals surface area contributed by atoms with Crippen LogP contribution in [0.2, 0.25) is 0 Å². The maximum atomic E-state index is 12.5. The van der Waals surface area contributed by atoms with Crippen LogP contribution in [0.4, 0.5) is 4.79 Å². The van der Waals surface area contributed by atoms with Gasteiger partial charge in [-0.05, 0) is 26.7 Å². The molecule has 2 rings (SSSR count). The molecule has 2 unspecified atom stereocenters. The molecule has 0 aromatic carbocycles. The van der Waals surface area contributed by atoms with Crippen molar-refractivity contribution in [1.82, 2.24) is 9.80 Å². The molecule has 6 nitrogen and oxygen atoms in total. The van der Waals surface area contributed by atoms with Crippen LogP contribution in [0.5, 0.6) is 0 Å². The van der Waals surface area contributed by atoms with Gasteiger partial charge in [-0.25, -0.2) is 9.59 Å². The van der Waals surface area contributed by atoms with E-state index in [0.717, 1.165) is 12.8 Å². The number of carbonyl (C=O) groups excluding carboxylic acids is 1. The molecule has 2 amide bonds. The number of nitrogens with zero attached hydrogens (tertiary/aromatic N) is 2. The number of carboxylic acids is 1. The van der Waals surface area contributed by atoms with Gasteiger partial charge in [-0.1, -0.05) is 0 Å². The van der Waals surface area contributed by atoms with Crippen LogP contribution in [0.1, 0.15) is 26.7 Å². The topological polar surface area (TPSA) is 70.1 Å². The number of carboxylic acid groups (broad SMARTS) is 1. The van der Waals surface area contributed by atoms with Crippen molar-refractivity contribution in [2.24, 2.45) is 0 Å². The minimum atomic E-state index is -0.917. The SMILES string of the molecule is CCOC1CCN(C(=O)N2C(C)SCC2C(=O)O)CC1. The number of amides is 2. The molecule has 114 valence electrons. The highest BCUT2D eigenvalue weighted by Gasteiger charge is 2.41. The van der Waals surface area contributed by atoms with Crippen LogP contribution in [-0.2, 0) is 9.53 Å². The summed E-state index contributed by atoms with van der Waals surface area (Å²) in [6, 6.07) is -0.850. The van der Waals surface area contributed by atoms with Gasteiger partial charge in [0.25, 0.3) is 0 Å². The Bertz CT molecular complexity index is 371. The monoisotopic (exact) mass is 302 g/mol. The predicted molar refractivity (Wildman–Crippen MR) is 76.8 cm³/mol. The number of hydrogen-bond donors (Lipinski definition) is 1. The summed E-state index contributed by atoms with van der Waals surface area (Å²) in [6.45, 7) is 5.84. The van der Waals surface area contributed by atoms with Crippen molar-refractivity contribution in [2.45, 2.75) is 44.2 Å². The molecular formula is C13H22N2O4S. The Hall–Kier alpha value is -0.950. The summed E-state index contributed by atoms with van der Waals surface area (Å²) in [4.78, 5) is 27.0. The molecule has 0 aromatic heterocycles. The second kappa shape index (κ2) is 6.67. The Kier molecular flexibility index (Phi) is 5.15. The number of thioether (sulfide) groups is 1. The van der Waals surface area contributed by atoms with Crippen LogP contribution in [0.15, 0.2) is 0 Å². The first-order valence-corrected chi connectivity index (χ1v) is 8.12. The molecule has 0 aliphatic carbocycles. The van der Waals surface area contributed by atoms with Crippen molar-refractivity contribution in [1.29, 1.82) is 0 Å². The van der Waals surface area contributed by atoms with Crippen LogP contribution < -0.4 is 0 Å². The van der Waals surface area contributed by atoms with Gasteiger partial charge in [-0.3, -0.25) is 4.90 Å². The highest BCUT2D eigenvalue weighted by atomic mass is 32.2. The van der Waals surface area contributed by atoms with E-state index in [0.29, 0.717) is 25.4 Å². The van der Waals surface area contributed by atoms with Crippen LogP contribution in [0.25, 0.3) is 0 Å². The largest absolute Gasteiger partial charge is 0.480 e. The summed E-state index contributed by atoms with van der Waals surface area (Å²) in [5, 5.41) is 9.14. The molecule has 2 saturated heterocycles. The van der Waals surface area contributed by atoms with Gasteiger partial charge in [0, 0.05) is 25.4 Å². The van der Waals surface area contributed by atoms with Gasteiger partial charge in [0.2, 0.25) is 0 Å². The Morgan fingerprint density at radius 3 is 2.55 bits per heavy atom. The number of urea groups is 1. The maximum absolute atomic E-state index is 12.5. The molecule has 2 aliphatic rings. The van der Waals surface area contributed by atoms with Crippen LogP contribution in [-0.4, -0.2) is 69.9 Å². The number of likely N-dealkylation sites (tertiary alicyclic amines) is 1. The summed E-state index contributed by atoms with van der Waals surface area (Å²) in [6.07, 6.45) is 1.88. The first-order valence-electron chi connectivity index (χ1n) is 7.07. The average Bonchev–Trinajstić information content (AvgIpc) is 2.81. The number of ether oxygens (including phenoxy) is 1. The van der Waals surface area contributed by atoms with E-state index in [1.165, 1.54) is 16.7 Å². The summed E-state index contributed by atoms with van der Waals surface area (Å²) < 4.78 is 5.57. The zero-order valence-electron chi connectivity index (χ0n) is 11.9. The highest BCUT2D eigenvalue weighted by Crippen LogP contribution is 2.30. The van der Waals surface area contributed by atoms with E-state index in [-0.39, 0.29) is 17.5 Å².